The van der Waals surface area contributed by atoms with E-state index in [1.807, 2.05) is 24.3 Å². The highest BCUT2D eigenvalue weighted by Gasteiger charge is 2.20. The highest BCUT2D eigenvalue weighted by molar-refractivity contribution is 9.10. The van der Waals surface area contributed by atoms with Gasteiger partial charge in [-0.1, -0.05) is 29.8 Å². The van der Waals surface area contributed by atoms with E-state index in [1.165, 1.54) is 12.8 Å². The Morgan fingerprint density at radius 3 is 2.80 bits per heavy atom. The molecule has 0 heterocycles. The fourth-order valence-electron chi connectivity index (χ4n) is 2.15. The summed E-state index contributed by atoms with van der Waals surface area (Å²) in [6.45, 7) is 0.729. The molecule has 0 spiro atoms. The van der Waals surface area contributed by atoms with Gasteiger partial charge in [-0.2, -0.15) is 0 Å². The third kappa shape index (κ3) is 3.05. The molecule has 1 fully saturated rings. The lowest BCUT2D eigenvalue weighted by Gasteiger charge is -2.10. The summed E-state index contributed by atoms with van der Waals surface area (Å²) in [5, 5.41) is 4.15. The number of rotatable bonds is 4. The van der Waals surface area contributed by atoms with Gasteiger partial charge in [0.25, 0.3) is 0 Å². The van der Waals surface area contributed by atoms with Crippen molar-refractivity contribution in [2.45, 2.75) is 25.4 Å². The molecule has 0 amide bonds. The first kappa shape index (κ1) is 14.1. The van der Waals surface area contributed by atoms with Crippen LogP contribution in [0.4, 0.5) is 4.39 Å². The Balaban J connectivity index is 1.92. The minimum Gasteiger partial charge on any atom is -0.310 e. The Morgan fingerprint density at radius 2 is 2.05 bits per heavy atom. The van der Waals surface area contributed by atoms with Gasteiger partial charge in [0.1, 0.15) is 5.82 Å². The maximum atomic E-state index is 14.1. The van der Waals surface area contributed by atoms with Crippen molar-refractivity contribution in [3.8, 4) is 11.1 Å². The first-order valence-corrected chi connectivity index (χ1v) is 7.78. The van der Waals surface area contributed by atoms with Gasteiger partial charge in [0.2, 0.25) is 0 Å². The fraction of sp³-hybridized carbons (Fsp3) is 0.250. The molecular weight excluding hydrogens is 341 g/mol. The SMILES string of the molecule is Fc1c(Br)cccc1-c1ccc(Cl)c(CNC2CC2)c1. The van der Waals surface area contributed by atoms with Crippen molar-refractivity contribution in [3.63, 3.8) is 0 Å². The molecule has 0 atom stereocenters. The van der Waals surface area contributed by atoms with Crippen LogP contribution in [0.3, 0.4) is 0 Å². The summed E-state index contributed by atoms with van der Waals surface area (Å²) in [7, 11) is 0. The predicted octanol–water partition coefficient (Wildman–Crippen LogP) is 5.16. The van der Waals surface area contributed by atoms with Gasteiger partial charge in [-0.25, -0.2) is 4.39 Å². The zero-order valence-electron chi connectivity index (χ0n) is 10.8. The van der Waals surface area contributed by atoms with E-state index in [0.29, 0.717) is 16.1 Å². The third-order valence-electron chi connectivity index (χ3n) is 3.47. The molecule has 0 unspecified atom stereocenters. The highest BCUT2D eigenvalue weighted by Crippen LogP contribution is 2.30. The standard InChI is InChI=1S/C16H14BrClFN/c17-14-3-1-2-13(16(14)19)10-4-7-15(18)11(8-10)9-20-12-5-6-12/h1-4,7-8,12,20H,5-6,9H2. The number of halogens is 3. The van der Waals surface area contributed by atoms with Crippen molar-refractivity contribution < 1.29 is 4.39 Å². The first-order valence-electron chi connectivity index (χ1n) is 6.61. The van der Waals surface area contributed by atoms with Crippen molar-refractivity contribution in [1.29, 1.82) is 0 Å². The molecule has 4 heteroatoms. The molecule has 1 aliphatic rings. The fourth-order valence-corrected chi connectivity index (χ4v) is 2.70. The van der Waals surface area contributed by atoms with E-state index >= 15 is 0 Å². The Kier molecular flexibility index (Phi) is 4.11. The van der Waals surface area contributed by atoms with E-state index in [2.05, 4.69) is 21.2 Å². The summed E-state index contributed by atoms with van der Waals surface area (Å²) in [5.74, 6) is -0.240. The Bertz CT molecular complexity index is 640. The van der Waals surface area contributed by atoms with Crippen molar-refractivity contribution in [1.82, 2.24) is 5.32 Å². The van der Waals surface area contributed by atoms with Crippen LogP contribution >= 0.6 is 27.5 Å². The molecule has 1 nitrogen and oxygen atoms in total. The molecule has 0 saturated heterocycles. The minimum atomic E-state index is -0.240. The summed E-state index contributed by atoms with van der Waals surface area (Å²) in [5.41, 5.74) is 2.44. The molecule has 1 N–H and O–H groups in total. The number of benzene rings is 2. The average molecular weight is 355 g/mol. The van der Waals surface area contributed by atoms with Crippen LogP contribution in [0.15, 0.2) is 40.9 Å². The van der Waals surface area contributed by atoms with Crippen molar-refractivity contribution in [3.05, 3.63) is 57.3 Å². The van der Waals surface area contributed by atoms with Crippen LogP contribution in [0.5, 0.6) is 0 Å². The van der Waals surface area contributed by atoms with Gasteiger partial charge in [-0.05, 0) is 58.1 Å². The van der Waals surface area contributed by atoms with Crippen molar-refractivity contribution >= 4 is 27.5 Å². The van der Waals surface area contributed by atoms with Gasteiger partial charge in [0.05, 0.1) is 4.47 Å². The lowest BCUT2D eigenvalue weighted by molar-refractivity contribution is 0.624. The number of hydrogen-bond donors (Lipinski definition) is 1. The molecule has 20 heavy (non-hydrogen) atoms. The highest BCUT2D eigenvalue weighted by atomic mass is 79.9. The number of nitrogens with one attached hydrogen (secondary N) is 1. The molecule has 2 aromatic carbocycles. The second-order valence-corrected chi connectivity index (χ2v) is 6.32. The van der Waals surface area contributed by atoms with Crippen molar-refractivity contribution in [2.75, 3.05) is 0 Å². The van der Waals surface area contributed by atoms with Crippen LogP contribution in [-0.4, -0.2) is 6.04 Å². The first-order chi connectivity index (χ1) is 9.65. The molecule has 1 saturated carbocycles. The average Bonchev–Trinajstić information content (AvgIpc) is 3.25. The van der Waals surface area contributed by atoms with E-state index in [-0.39, 0.29) is 5.82 Å². The Morgan fingerprint density at radius 1 is 1.25 bits per heavy atom. The third-order valence-corrected chi connectivity index (χ3v) is 4.45. The maximum absolute atomic E-state index is 14.1. The molecule has 1 aliphatic carbocycles. The molecule has 0 radical (unpaired) electrons. The normalized spacial score (nSPS) is 14.6. The zero-order chi connectivity index (χ0) is 14.1. The van der Waals surface area contributed by atoms with Crippen LogP contribution in [0.25, 0.3) is 11.1 Å². The van der Waals surface area contributed by atoms with Gasteiger partial charge >= 0.3 is 0 Å². The molecule has 0 aliphatic heterocycles. The van der Waals surface area contributed by atoms with Gasteiger partial charge in [0, 0.05) is 23.2 Å². The second-order valence-electron chi connectivity index (χ2n) is 5.06. The van der Waals surface area contributed by atoms with Crippen LogP contribution in [0.1, 0.15) is 18.4 Å². The Hall–Kier alpha value is -0.900. The van der Waals surface area contributed by atoms with E-state index in [9.17, 15) is 4.39 Å². The summed E-state index contributed by atoms with van der Waals surface area (Å²) in [4.78, 5) is 0. The van der Waals surface area contributed by atoms with E-state index in [4.69, 9.17) is 11.6 Å². The van der Waals surface area contributed by atoms with E-state index in [0.717, 1.165) is 22.7 Å². The lowest BCUT2D eigenvalue weighted by atomic mass is 10.0. The van der Waals surface area contributed by atoms with Gasteiger partial charge in [0.15, 0.2) is 0 Å². The van der Waals surface area contributed by atoms with Gasteiger partial charge in [-0.15, -0.1) is 0 Å². The quantitative estimate of drug-likeness (QED) is 0.799. The van der Waals surface area contributed by atoms with Gasteiger partial charge < -0.3 is 5.32 Å². The monoisotopic (exact) mass is 353 g/mol. The zero-order valence-corrected chi connectivity index (χ0v) is 13.1. The Labute approximate surface area is 131 Å². The molecule has 0 aromatic heterocycles. The summed E-state index contributed by atoms with van der Waals surface area (Å²) in [6, 6.07) is 11.6. The lowest BCUT2D eigenvalue weighted by Crippen LogP contribution is -2.15. The molecule has 104 valence electrons. The second kappa shape index (κ2) is 5.84. The molecule has 2 aromatic rings. The topological polar surface area (TPSA) is 12.0 Å². The maximum Gasteiger partial charge on any atom is 0.145 e. The van der Waals surface area contributed by atoms with E-state index in [1.54, 1.807) is 12.1 Å². The predicted molar refractivity (Wildman–Crippen MR) is 84.4 cm³/mol. The molecule has 3 rings (SSSR count). The van der Waals surface area contributed by atoms with E-state index < -0.39 is 0 Å². The smallest absolute Gasteiger partial charge is 0.145 e. The summed E-state index contributed by atoms with van der Waals surface area (Å²) in [6.07, 6.45) is 2.47. The number of hydrogen-bond acceptors (Lipinski definition) is 1. The van der Waals surface area contributed by atoms with Crippen molar-refractivity contribution in [2.24, 2.45) is 0 Å². The molecular formula is C16H14BrClFN. The van der Waals surface area contributed by atoms with Crippen LogP contribution < -0.4 is 5.32 Å². The van der Waals surface area contributed by atoms with Crippen LogP contribution in [-0.2, 0) is 6.54 Å². The van der Waals surface area contributed by atoms with Crippen LogP contribution in [0, 0.1) is 5.82 Å². The molecule has 0 bridgehead atoms. The van der Waals surface area contributed by atoms with Gasteiger partial charge in [-0.3, -0.25) is 0 Å². The van der Waals surface area contributed by atoms with Crippen LogP contribution in [0.2, 0.25) is 5.02 Å². The summed E-state index contributed by atoms with van der Waals surface area (Å²) < 4.78 is 14.6. The minimum absolute atomic E-state index is 0.240. The largest absolute Gasteiger partial charge is 0.310 e. The summed E-state index contributed by atoms with van der Waals surface area (Å²) >= 11 is 9.44.